The van der Waals surface area contributed by atoms with Crippen LogP contribution in [0.5, 0.6) is 0 Å². The number of hydrogen-bond acceptors (Lipinski definition) is 4. The largest absolute Gasteiger partial charge is 0.465 e. The monoisotopic (exact) mass is 280 g/mol. The van der Waals surface area contributed by atoms with Gasteiger partial charge in [0.15, 0.2) is 5.41 Å². The Morgan fingerprint density at radius 3 is 2.00 bits per heavy atom. The van der Waals surface area contributed by atoms with Gasteiger partial charge < -0.3 is 9.47 Å². The summed E-state index contributed by atoms with van der Waals surface area (Å²) in [5, 5.41) is 0. The quantitative estimate of drug-likeness (QED) is 0.297. The molecule has 112 valence electrons. The molecule has 0 fully saturated rings. The number of carbonyl (C=O) groups is 2. The van der Waals surface area contributed by atoms with E-state index in [1.807, 2.05) is 19.9 Å². The Kier molecular flexibility index (Phi) is 8.38. The predicted octanol–water partition coefficient (Wildman–Crippen LogP) is 2.87. The van der Waals surface area contributed by atoms with Gasteiger partial charge in [0.05, 0.1) is 13.2 Å². The number of esters is 2. The predicted molar refractivity (Wildman–Crippen MR) is 77.8 cm³/mol. The Morgan fingerprint density at radius 1 is 1.15 bits per heavy atom. The van der Waals surface area contributed by atoms with Gasteiger partial charge in [-0.05, 0) is 40.5 Å². The highest BCUT2D eigenvalue weighted by Gasteiger charge is 2.47. The van der Waals surface area contributed by atoms with Crippen LogP contribution >= 0.6 is 0 Å². The SMILES string of the molecule is C#CCCC(CC=C(C)C)(C(=O)OCC)C(=O)OCC. The standard InChI is InChI=1S/C16H24O4/c1-6-9-11-16(12-10-13(4)5,14(17)19-7-2)15(18)20-8-3/h1,10H,7-9,11-12H2,2-5H3. The molecule has 0 aliphatic heterocycles. The Bertz CT molecular complexity index is 379. The van der Waals surface area contributed by atoms with Gasteiger partial charge in [0.25, 0.3) is 0 Å². The van der Waals surface area contributed by atoms with Crippen LogP contribution in [0, 0.1) is 17.8 Å². The minimum absolute atomic E-state index is 0.213. The van der Waals surface area contributed by atoms with Crippen LogP contribution in [0.4, 0.5) is 0 Å². The highest BCUT2D eigenvalue weighted by atomic mass is 16.6. The average Bonchev–Trinajstić information content (AvgIpc) is 2.39. The van der Waals surface area contributed by atoms with E-state index in [0.29, 0.717) is 6.42 Å². The van der Waals surface area contributed by atoms with Gasteiger partial charge in [-0.25, -0.2) is 0 Å². The van der Waals surface area contributed by atoms with E-state index in [1.54, 1.807) is 13.8 Å². The van der Waals surface area contributed by atoms with Crippen LogP contribution in [-0.4, -0.2) is 25.2 Å². The van der Waals surface area contributed by atoms with Gasteiger partial charge in [0, 0.05) is 6.42 Å². The van der Waals surface area contributed by atoms with Crippen molar-refractivity contribution in [2.75, 3.05) is 13.2 Å². The summed E-state index contributed by atoms with van der Waals surface area (Å²) < 4.78 is 10.1. The summed E-state index contributed by atoms with van der Waals surface area (Å²) in [4.78, 5) is 24.6. The summed E-state index contributed by atoms with van der Waals surface area (Å²) in [6.45, 7) is 7.64. The van der Waals surface area contributed by atoms with E-state index in [0.717, 1.165) is 5.57 Å². The van der Waals surface area contributed by atoms with Crippen LogP contribution in [0.15, 0.2) is 11.6 Å². The zero-order chi connectivity index (χ0) is 15.6. The third-order valence-electron chi connectivity index (χ3n) is 2.89. The van der Waals surface area contributed by atoms with Crippen molar-refractivity contribution in [1.29, 1.82) is 0 Å². The molecule has 0 bridgehead atoms. The molecule has 0 spiro atoms. The Balaban J connectivity index is 5.49. The molecular formula is C16H24O4. The molecule has 0 aromatic carbocycles. The lowest BCUT2D eigenvalue weighted by Gasteiger charge is -2.27. The van der Waals surface area contributed by atoms with Crippen LogP contribution in [0.25, 0.3) is 0 Å². The van der Waals surface area contributed by atoms with Crippen LogP contribution in [0.2, 0.25) is 0 Å². The molecule has 0 saturated carbocycles. The Morgan fingerprint density at radius 2 is 1.65 bits per heavy atom. The molecule has 0 atom stereocenters. The molecule has 0 aliphatic carbocycles. The van der Waals surface area contributed by atoms with Gasteiger partial charge in [0.2, 0.25) is 0 Å². The molecule has 0 N–H and O–H groups in total. The molecule has 0 aromatic heterocycles. The highest BCUT2D eigenvalue weighted by Crippen LogP contribution is 2.33. The minimum atomic E-state index is -1.34. The molecule has 0 aromatic rings. The molecule has 4 heteroatoms. The van der Waals surface area contributed by atoms with Crippen molar-refractivity contribution < 1.29 is 19.1 Å². The fourth-order valence-corrected chi connectivity index (χ4v) is 1.76. The zero-order valence-electron chi connectivity index (χ0n) is 12.8. The molecule has 0 aliphatic rings. The molecule has 0 unspecified atom stereocenters. The number of allylic oxidation sites excluding steroid dienone is 2. The number of carbonyl (C=O) groups excluding carboxylic acids is 2. The van der Waals surface area contributed by atoms with E-state index in [2.05, 4.69) is 5.92 Å². The summed E-state index contributed by atoms with van der Waals surface area (Å²) in [6.07, 6.45) is 7.89. The minimum Gasteiger partial charge on any atom is -0.465 e. The zero-order valence-corrected chi connectivity index (χ0v) is 12.8. The fraction of sp³-hybridized carbons (Fsp3) is 0.625. The molecule has 0 heterocycles. The van der Waals surface area contributed by atoms with E-state index in [4.69, 9.17) is 15.9 Å². The van der Waals surface area contributed by atoms with Crippen LogP contribution < -0.4 is 0 Å². The molecule has 0 rings (SSSR count). The number of ether oxygens (including phenoxy) is 2. The highest BCUT2D eigenvalue weighted by molar-refractivity contribution is 6.00. The van der Waals surface area contributed by atoms with Gasteiger partial charge in [-0.3, -0.25) is 9.59 Å². The van der Waals surface area contributed by atoms with Crippen molar-refractivity contribution in [3.8, 4) is 12.3 Å². The Labute approximate surface area is 121 Å². The summed E-state index contributed by atoms with van der Waals surface area (Å²) >= 11 is 0. The van der Waals surface area contributed by atoms with Gasteiger partial charge >= 0.3 is 11.9 Å². The van der Waals surface area contributed by atoms with Crippen LogP contribution in [0.1, 0.15) is 47.0 Å². The number of terminal acetylenes is 1. The van der Waals surface area contributed by atoms with E-state index in [-0.39, 0.29) is 26.1 Å². The maximum absolute atomic E-state index is 12.3. The van der Waals surface area contributed by atoms with Crippen molar-refractivity contribution in [3.63, 3.8) is 0 Å². The first-order valence-electron chi connectivity index (χ1n) is 6.85. The van der Waals surface area contributed by atoms with Crippen molar-refractivity contribution in [1.82, 2.24) is 0 Å². The first-order valence-corrected chi connectivity index (χ1v) is 6.85. The second kappa shape index (κ2) is 9.19. The van der Waals surface area contributed by atoms with Gasteiger partial charge in [0.1, 0.15) is 0 Å². The van der Waals surface area contributed by atoms with Gasteiger partial charge in [-0.15, -0.1) is 12.3 Å². The molecule has 0 saturated heterocycles. The van der Waals surface area contributed by atoms with Crippen molar-refractivity contribution >= 4 is 11.9 Å². The molecule has 4 nitrogen and oxygen atoms in total. The van der Waals surface area contributed by atoms with Crippen molar-refractivity contribution in [2.45, 2.75) is 47.0 Å². The van der Waals surface area contributed by atoms with E-state index < -0.39 is 17.4 Å². The van der Waals surface area contributed by atoms with Crippen LogP contribution in [0.3, 0.4) is 0 Å². The maximum Gasteiger partial charge on any atom is 0.323 e. The lowest BCUT2D eigenvalue weighted by molar-refractivity contribution is -0.172. The van der Waals surface area contributed by atoms with E-state index in [9.17, 15) is 9.59 Å². The fourth-order valence-electron chi connectivity index (χ4n) is 1.76. The summed E-state index contributed by atoms with van der Waals surface area (Å²) in [5.74, 6) is 1.34. The van der Waals surface area contributed by atoms with Crippen molar-refractivity contribution in [2.24, 2.45) is 5.41 Å². The summed E-state index contributed by atoms with van der Waals surface area (Å²) in [5.41, 5.74) is -0.320. The molecular weight excluding hydrogens is 256 g/mol. The molecule has 20 heavy (non-hydrogen) atoms. The van der Waals surface area contributed by atoms with E-state index >= 15 is 0 Å². The first-order chi connectivity index (χ1) is 9.44. The van der Waals surface area contributed by atoms with Gasteiger partial charge in [-0.2, -0.15) is 0 Å². The van der Waals surface area contributed by atoms with Crippen molar-refractivity contribution in [3.05, 3.63) is 11.6 Å². The van der Waals surface area contributed by atoms with E-state index in [1.165, 1.54) is 0 Å². The lowest BCUT2D eigenvalue weighted by atomic mass is 9.79. The maximum atomic E-state index is 12.3. The van der Waals surface area contributed by atoms with Crippen LogP contribution in [-0.2, 0) is 19.1 Å². The topological polar surface area (TPSA) is 52.6 Å². The molecule has 0 radical (unpaired) electrons. The smallest absolute Gasteiger partial charge is 0.323 e. The normalized spacial score (nSPS) is 10.3. The Hall–Kier alpha value is -1.76. The second-order valence-corrected chi connectivity index (χ2v) is 4.71. The number of hydrogen-bond donors (Lipinski definition) is 0. The molecule has 0 amide bonds. The lowest BCUT2D eigenvalue weighted by Crippen LogP contribution is -2.42. The second-order valence-electron chi connectivity index (χ2n) is 4.71. The average molecular weight is 280 g/mol. The van der Waals surface area contributed by atoms with Gasteiger partial charge in [-0.1, -0.05) is 11.6 Å². The third kappa shape index (κ3) is 5.08. The third-order valence-corrected chi connectivity index (χ3v) is 2.89. The number of rotatable bonds is 8. The summed E-state index contributed by atoms with van der Waals surface area (Å²) in [7, 11) is 0. The first kappa shape index (κ1) is 18.2. The summed E-state index contributed by atoms with van der Waals surface area (Å²) in [6, 6.07) is 0.